The maximum atomic E-state index is 6.06. The normalized spacial score (nSPS) is 10.6. The third-order valence-electron chi connectivity index (χ3n) is 2.33. The second-order valence-electron chi connectivity index (χ2n) is 3.62. The van der Waals surface area contributed by atoms with Crippen LogP contribution >= 0.6 is 23.2 Å². The van der Waals surface area contributed by atoms with Crippen molar-refractivity contribution in [1.29, 1.82) is 0 Å². The fraction of sp³-hybridized carbons (Fsp3) is 0.273. The van der Waals surface area contributed by atoms with E-state index in [2.05, 4.69) is 15.5 Å². The largest absolute Gasteiger partial charge is 0.407 e. The van der Waals surface area contributed by atoms with Crippen LogP contribution < -0.4 is 11.1 Å². The minimum atomic E-state index is 0.234. The summed E-state index contributed by atoms with van der Waals surface area (Å²) in [5, 5.41) is 11.8. The fourth-order valence-corrected chi connectivity index (χ4v) is 1.94. The van der Waals surface area contributed by atoms with Crippen molar-refractivity contribution >= 4 is 29.2 Å². The van der Waals surface area contributed by atoms with Gasteiger partial charge in [-0.25, -0.2) is 0 Å². The van der Waals surface area contributed by atoms with Gasteiger partial charge < -0.3 is 15.5 Å². The lowest BCUT2D eigenvalue weighted by Gasteiger charge is -2.04. The molecule has 1 aromatic carbocycles. The highest BCUT2D eigenvalue weighted by Gasteiger charge is 2.04. The first-order valence-electron chi connectivity index (χ1n) is 5.39. The van der Waals surface area contributed by atoms with Crippen molar-refractivity contribution in [3.05, 3.63) is 39.7 Å². The zero-order valence-corrected chi connectivity index (χ0v) is 11.0. The highest BCUT2D eigenvalue weighted by molar-refractivity contribution is 6.35. The second kappa shape index (κ2) is 6.04. The third-order valence-corrected chi connectivity index (χ3v) is 2.91. The van der Waals surface area contributed by atoms with E-state index in [0.29, 0.717) is 28.5 Å². The van der Waals surface area contributed by atoms with Crippen LogP contribution in [0.15, 0.2) is 22.6 Å². The monoisotopic (exact) mass is 286 g/mol. The zero-order valence-electron chi connectivity index (χ0n) is 9.49. The van der Waals surface area contributed by atoms with E-state index in [-0.39, 0.29) is 6.54 Å². The topological polar surface area (TPSA) is 77.0 Å². The van der Waals surface area contributed by atoms with Crippen LogP contribution in [0.2, 0.25) is 10.0 Å². The van der Waals surface area contributed by atoms with Gasteiger partial charge in [-0.05, 0) is 24.1 Å². The highest BCUT2D eigenvalue weighted by Crippen LogP contribution is 2.21. The molecule has 0 saturated heterocycles. The van der Waals surface area contributed by atoms with Gasteiger partial charge in [0.2, 0.25) is 5.89 Å². The van der Waals surface area contributed by atoms with Crippen LogP contribution in [0.5, 0.6) is 0 Å². The lowest BCUT2D eigenvalue weighted by molar-refractivity contribution is 0.507. The average molecular weight is 287 g/mol. The average Bonchev–Trinajstić information content (AvgIpc) is 2.80. The molecule has 0 amide bonds. The van der Waals surface area contributed by atoms with E-state index in [1.165, 1.54) is 0 Å². The molecule has 5 nitrogen and oxygen atoms in total. The Labute approximate surface area is 114 Å². The van der Waals surface area contributed by atoms with Gasteiger partial charge in [0, 0.05) is 16.6 Å². The van der Waals surface area contributed by atoms with Gasteiger partial charge in [-0.2, -0.15) is 0 Å². The molecule has 1 heterocycles. The Kier molecular flexibility index (Phi) is 4.41. The van der Waals surface area contributed by atoms with E-state index in [4.69, 9.17) is 33.4 Å². The Morgan fingerprint density at radius 1 is 1.28 bits per heavy atom. The molecule has 1 aromatic heterocycles. The summed E-state index contributed by atoms with van der Waals surface area (Å²) in [7, 11) is 0. The smallest absolute Gasteiger partial charge is 0.315 e. The maximum absolute atomic E-state index is 6.06. The number of hydrogen-bond donors (Lipinski definition) is 2. The van der Waals surface area contributed by atoms with Gasteiger partial charge in [-0.15, -0.1) is 5.10 Å². The molecule has 0 fully saturated rings. The Balaban J connectivity index is 1.88. The van der Waals surface area contributed by atoms with Gasteiger partial charge in [0.25, 0.3) is 0 Å². The summed E-state index contributed by atoms with van der Waals surface area (Å²) in [6.45, 7) is 0.866. The minimum Gasteiger partial charge on any atom is -0.407 e. The van der Waals surface area contributed by atoms with Crippen molar-refractivity contribution in [2.75, 3.05) is 11.9 Å². The molecule has 0 unspecified atom stereocenters. The molecule has 0 aliphatic heterocycles. The molecule has 0 radical (unpaired) electrons. The fourth-order valence-electron chi connectivity index (χ4n) is 1.44. The Morgan fingerprint density at radius 2 is 2.11 bits per heavy atom. The first kappa shape index (κ1) is 13.1. The predicted molar refractivity (Wildman–Crippen MR) is 70.8 cm³/mol. The Bertz CT molecular complexity index is 530. The summed E-state index contributed by atoms with van der Waals surface area (Å²) in [6, 6.07) is 5.78. The van der Waals surface area contributed by atoms with Gasteiger partial charge in [0.05, 0.1) is 6.54 Å². The Hall–Kier alpha value is -1.30. The van der Waals surface area contributed by atoms with Crippen LogP contribution in [-0.4, -0.2) is 16.7 Å². The van der Waals surface area contributed by atoms with E-state index in [9.17, 15) is 0 Å². The number of nitrogens with zero attached hydrogens (tertiary/aromatic N) is 2. The quantitative estimate of drug-likeness (QED) is 0.883. The summed E-state index contributed by atoms with van der Waals surface area (Å²) in [5.74, 6) is 0.405. The first-order chi connectivity index (χ1) is 8.69. The Morgan fingerprint density at radius 3 is 2.78 bits per heavy atom. The summed E-state index contributed by atoms with van der Waals surface area (Å²) in [6.07, 6.45) is 0.732. The van der Waals surface area contributed by atoms with Crippen molar-refractivity contribution in [3.8, 4) is 0 Å². The minimum absolute atomic E-state index is 0.234. The van der Waals surface area contributed by atoms with Crippen molar-refractivity contribution in [2.45, 2.75) is 13.0 Å². The molecular weight excluding hydrogens is 275 g/mol. The van der Waals surface area contributed by atoms with Crippen LogP contribution in [-0.2, 0) is 13.0 Å². The van der Waals surface area contributed by atoms with E-state index < -0.39 is 0 Å². The van der Waals surface area contributed by atoms with Crippen molar-refractivity contribution in [1.82, 2.24) is 10.2 Å². The van der Waals surface area contributed by atoms with E-state index in [1.807, 2.05) is 12.1 Å². The lowest BCUT2D eigenvalue weighted by Crippen LogP contribution is -2.05. The van der Waals surface area contributed by atoms with Crippen LogP contribution in [0.25, 0.3) is 0 Å². The van der Waals surface area contributed by atoms with Crippen LogP contribution in [0.1, 0.15) is 11.5 Å². The molecular formula is C11H12Cl2N4O. The second-order valence-corrected chi connectivity index (χ2v) is 4.46. The number of benzene rings is 1. The summed E-state index contributed by atoms with van der Waals surface area (Å²) < 4.78 is 5.21. The molecule has 0 saturated carbocycles. The number of nitrogens with two attached hydrogens (primary N) is 1. The predicted octanol–water partition coefficient (Wildman–Crippen LogP) is 2.49. The van der Waals surface area contributed by atoms with Gasteiger partial charge in [0.15, 0.2) is 0 Å². The molecule has 2 aromatic rings. The molecule has 0 spiro atoms. The summed E-state index contributed by atoms with van der Waals surface area (Å²) in [4.78, 5) is 0. The van der Waals surface area contributed by atoms with E-state index in [1.54, 1.807) is 6.07 Å². The van der Waals surface area contributed by atoms with Gasteiger partial charge >= 0.3 is 6.01 Å². The van der Waals surface area contributed by atoms with E-state index >= 15 is 0 Å². The maximum Gasteiger partial charge on any atom is 0.315 e. The summed E-state index contributed by atoms with van der Waals surface area (Å²) >= 11 is 11.9. The first-order valence-corrected chi connectivity index (χ1v) is 6.15. The van der Waals surface area contributed by atoms with Crippen LogP contribution in [0.4, 0.5) is 6.01 Å². The number of nitrogens with one attached hydrogen (secondary N) is 1. The molecule has 18 heavy (non-hydrogen) atoms. The van der Waals surface area contributed by atoms with Crippen LogP contribution in [0.3, 0.4) is 0 Å². The molecule has 2 rings (SSSR count). The molecule has 0 aliphatic carbocycles. The lowest BCUT2D eigenvalue weighted by atomic mass is 10.1. The number of aromatic nitrogens is 2. The highest BCUT2D eigenvalue weighted by atomic mass is 35.5. The summed E-state index contributed by atoms with van der Waals surface area (Å²) in [5.41, 5.74) is 6.37. The molecule has 0 bridgehead atoms. The number of anilines is 1. The van der Waals surface area contributed by atoms with Crippen molar-refractivity contribution in [2.24, 2.45) is 5.73 Å². The standard InChI is InChI=1S/C11H12Cl2N4O/c12-8-2-1-7(9(13)5-8)3-4-15-11-17-16-10(6-14)18-11/h1-2,5H,3-4,6,14H2,(H,15,17). The number of rotatable bonds is 5. The molecule has 0 aliphatic rings. The van der Waals surface area contributed by atoms with E-state index in [0.717, 1.165) is 12.0 Å². The number of hydrogen-bond acceptors (Lipinski definition) is 5. The van der Waals surface area contributed by atoms with Gasteiger partial charge in [0.1, 0.15) is 0 Å². The third kappa shape index (κ3) is 3.35. The number of halogens is 2. The van der Waals surface area contributed by atoms with Crippen LogP contribution in [0, 0.1) is 0 Å². The van der Waals surface area contributed by atoms with Gasteiger partial charge in [-0.3, -0.25) is 0 Å². The molecule has 0 atom stereocenters. The molecule has 3 N–H and O–H groups in total. The SMILES string of the molecule is NCc1nnc(NCCc2ccc(Cl)cc2Cl)o1. The molecule has 7 heteroatoms. The van der Waals surface area contributed by atoms with Crippen molar-refractivity contribution in [3.63, 3.8) is 0 Å². The van der Waals surface area contributed by atoms with Gasteiger partial charge in [-0.1, -0.05) is 34.4 Å². The molecule has 96 valence electrons. The zero-order chi connectivity index (χ0) is 13.0. The van der Waals surface area contributed by atoms with Crippen molar-refractivity contribution < 1.29 is 4.42 Å².